The number of hydrogen-bond donors (Lipinski definition) is 2. The molecule has 1 unspecified atom stereocenters. The molecule has 1 aliphatic carbocycles. The van der Waals surface area contributed by atoms with E-state index in [-0.39, 0.29) is 18.2 Å². The fourth-order valence-corrected chi connectivity index (χ4v) is 0.838. The van der Waals surface area contributed by atoms with Crippen molar-refractivity contribution >= 4 is 6.09 Å². The molecule has 0 aromatic carbocycles. The van der Waals surface area contributed by atoms with E-state index in [1.165, 1.54) is 7.05 Å². The summed E-state index contributed by atoms with van der Waals surface area (Å²) in [6, 6.07) is 0.0531. The Morgan fingerprint density at radius 1 is 1.70 bits per heavy atom. The molecule has 3 N–H and O–H groups in total. The molecule has 0 bridgehead atoms. The van der Waals surface area contributed by atoms with E-state index in [1.54, 1.807) is 0 Å². The minimum atomic E-state index is -0.389. The van der Waals surface area contributed by atoms with Crippen molar-refractivity contribution in [3.8, 4) is 0 Å². The van der Waals surface area contributed by atoms with Crippen LogP contribution in [0.5, 0.6) is 0 Å². The Bertz CT molecular complexity index is 138. The van der Waals surface area contributed by atoms with Gasteiger partial charge in [-0.1, -0.05) is 0 Å². The van der Waals surface area contributed by atoms with E-state index in [4.69, 9.17) is 10.5 Å². The standard InChI is InChI=1S/C6H12N2O2/c1-8-6(9)10-5-3-2-4(5)7/h4-5H,2-3,7H2,1H3,(H,8,9)/t4-,5?/m0/s1. The van der Waals surface area contributed by atoms with E-state index in [0.717, 1.165) is 12.8 Å². The summed E-state index contributed by atoms with van der Waals surface area (Å²) in [7, 11) is 1.53. The molecule has 4 heteroatoms. The molecule has 10 heavy (non-hydrogen) atoms. The average Bonchev–Trinajstić information content (AvgIpc) is 1.96. The third kappa shape index (κ3) is 1.39. The van der Waals surface area contributed by atoms with Crippen molar-refractivity contribution in [3.63, 3.8) is 0 Å². The van der Waals surface area contributed by atoms with Gasteiger partial charge in [0.2, 0.25) is 0 Å². The molecule has 0 saturated heterocycles. The average molecular weight is 144 g/mol. The van der Waals surface area contributed by atoms with Crippen molar-refractivity contribution in [2.75, 3.05) is 7.05 Å². The number of hydrogen-bond acceptors (Lipinski definition) is 3. The lowest BCUT2D eigenvalue weighted by atomic mass is 9.90. The first-order chi connectivity index (χ1) is 4.74. The highest BCUT2D eigenvalue weighted by atomic mass is 16.6. The van der Waals surface area contributed by atoms with Gasteiger partial charge < -0.3 is 15.8 Å². The van der Waals surface area contributed by atoms with Crippen LogP contribution in [0.3, 0.4) is 0 Å². The van der Waals surface area contributed by atoms with E-state index in [9.17, 15) is 4.79 Å². The SMILES string of the molecule is CNC(=O)OC1CC[C@@H]1N. The number of alkyl carbamates (subject to hydrolysis) is 1. The summed E-state index contributed by atoms with van der Waals surface area (Å²) >= 11 is 0. The smallest absolute Gasteiger partial charge is 0.407 e. The molecule has 2 atom stereocenters. The van der Waals surface area contributed by atoms with E-state index < -0.39 is 0 Å². The fraction of sp³-hybridized carbons (Fsp3) is 0.833. The Morgan fingerprint density at radius 2 is 2.40 bits per heavy atom. The highest BCUT2D eigenvalue weighted by Crippen LogP contribution is 2.20. The van der Waals surface area contributed by atoms with E-state index >= 15 is 0 Å². The van der Waals surface area contributed by atoms with Gasteiger partial charge in [0.05, 0.1) is 0 Å². The summed E-state index contributed by atoms with van der Waals surface area (Å²) in [5.41, 5.74) is 5.52. The molecule has 0 aromatic rings. The van der Waals surface area contributed by atoms with Crippen LogP contribution >= 0.6 is 0 Å². The topological polar surface area (TPSA) is 64.3 Å². The molecule has 0 radical (unpaired) electrons. The molecule has 0 aromatic heterocycles. The molecule has 0 aliphatic heterocycles. The first-order valence-corrected chi connectivity index (χ1v) is 3.38. The maximum atomic E-state index is 10.6. The van der Waals surface area contributed by atoms with Crippen molar-refractivity contribution in [2.45, 2.75) is 25.0 Å². The van der Waals surface area contributed by atoms with Crippen LogP contribution in [0.4, 0.5) is 4.79 Å². The summed E-state index contributed by atoms with van der Waals surface area (Å²) in [6.45, 7) is 0. The lowest BCUT2D eigenvalue weighted by Crippen LogP contribution is -2.47. The number of ether oxygens (including phenoxy) is 1. The van der Waals surface area contributed by atoms with Gasteiger partial charge >= 0.3 is 6.09 Å². The summed E-state index contributed by atoms with van der Waals surface area (Å²) in [6.07, 6.45) is 1.41. The highest BCUT2D eigenvalue weighted by molar-refractivity contribution is 5.67. The van der Waals surface area contributed by atoms with Gasteiger partial charge in [-0.2, -0.15) is 0 Å². The molecule has 1 rings (SSSR count). The van der Waals surface area contributed by atoms with Crippen molar-refractivity contribution < 1.29 is 9.53 Å². The van der Waals surface area contributed by atoms with Gasteiger partial charge in [0.15, 0.2) is 0 Å². The predicted octanol–water partition coefficient (Wildman–Crippen LogP) is -0.168. The number of nitrogens with one attached hydrogen (secondary N) is 1. The van der Waals surface area contributed by atoms with E-state index in [2.05, 4.69) is 5.32 Å². The van der Waals surface area contributed by atoms with Crippen LogP contribution in [0, 0.1) is 0 Å². The van der Waals surface area contributed by atoms with Gasteiger partial charge in [-0.15, -0.1) is 0 Å². The van der Waals surface area contributed by atoms with Crippen LogP contribution in [-0.2, 0) is 4.74 Å². The van der Waals surface area contributed by atoms with Gasteiger partial charge in [-0.3, -0.25) is 0 Å². The Balaban J connectivity index is 2.19. The number of carbonyl (C=O) groups excluding carboxylic acids is 1. The second-order valence-corrected chi connectivity index (χ2v) is 2.43. The van der Waals surface area contributed by atoms with Crippen molar-refractivity contribution in [1.82, 2.24) is 5.32 Å². The van der Waals surface area contributed by atoms with Crippen LogP contribution in [0.1, 0.15) is 12.8 Å². The number of amides is 1. The van der Waals surface area contributed by atoms with Gasteiger partial charge in [0.25, 0.3) is 0 Å². The number of rotatable bonds is 1. The van der Waals surface area contributed by atoms with Crippen molar-refractivity contribution in [1.29, 1.82) is 0 Å². The Labute approximate surface area is 59.7 Å². The zero-order valence-corrected chi connectivity index (χ0v) is 5.96. The second-order valence-electron chi connectivity index (χ2n) is 2.43. The Hall–Kier alpha value is -0.770. The maximum absolute atomic E-state index is 10.6. The van der Waals surface area contributed by atoms with Gasteiger partial charge in [-0.25, -0.2) is 4.79 Å². The van der Waals surface area contributed by atoms with Gasteiger partial charge in [-0.05, 0) is 12.8 Å². The van der Waals surface area contributed by atoms with Crippen LogP contribution in [0.25, 0.3) is 0 Å². The third-order valence-electron chi connectivity index (χ3n) is 1.72. The largest absolute Gasteiger partial charge is 0.445 e. The van der Waals surface area contributed by atoms with Crippen molar-refractivity contribution in [2.24, 2.45) is 5.73 Å². The Morgan fingerprint density at radius 3 is 2.70 bits per heavy atom. The molecule has 4 nitrogen and oxygen atoms in total. The summed E-state index contributed by atoms with van der Waals surface area (Å²) < 4.78 is 4.87. The molecule has 0 spiro atoms. The summed E-state index contributed by atoms with van der Waals surface area (Å²) in [5, 5.41) is 2.37. The molecule has 58 valence electrons. The molecular formula is C6H12N2O2. The van der Waals surface area contributed by atoms with Crippen LogP contribution in [-0.4, -0.2) is 25.3 Å². The molecular weight excluding hydrogens is 132 g/mol. The quantitative estimate of drug-likeness (QED) is 0.537. The zero-order chi connectivity index (χ0) is 7.56. The van der Waals surface area contributed by atoms with Crippen LogP contribution in [0.15, 0.2) is 0 Å². The normalized spacial score (nSPS) is 30.6. The lowest BCUT2D eigenvalue weighted by Gasteiger charge is -2.32. The lowest BCUT2D eigenvalue weighted by molar-refractivity contribution is 0.0367. The molecule has 1 fully saturated rings. The second kappa shape index (κ2) is 2.88. The van der Waals surface area contributed by atoms with Gasteiger partial charge in [0, 0.05) is 13.1 Å². The van der Waals surface area contributed by atoms with E-state index in [1.807, 2.05) is 0 Å². The predicted molar refractivity (Wildman–Crippen MR) is 36.5 cm³/mol. The van der Waals surface area contributed by atoms with E-state index in [0.29, 0.717) is 0 Å². The monoisotopic (exact) mass is 144 g/mol. The minimum absolute atomic E-state index is 0.0531. The summed E-state index contributed by atoms with van der Waals surface area (Å²) in [4.78, 5) is 10.6. The van der Waals surface area contributed by atoms with Crippen LogP contribution < -0.4 is 11.1 Å². The third-order valence-corrected chi connectivity index (χ3v) is 1.72. The van der Waals surface area contributed by atoms with Crippen LogP contribution in [0.2, 0.25) is 0 Å². The molecule has 1 aliphatic rings. The van der Waals surface area contributed by atoms with Gasteiger partial charge in [0.1, 0.15) is 6.10 Å². The number of nitrogens with two attached hydrogens (primary N) is 1. The molecule has 1 amide bonds. The minimum Gasteiger partial charge on any atom is -0.445 e. The first kappa shape index (κ1) is 7.34. The maximum Gasteiger partial charge on any atom is 0.407 e. The zero-order valence-electron chi connectivity index (χ0n) is 5.96. The summed E-state index contributed by atoms with van der Waals surface area (Å²) in [5.74, 6) is 0. The first-order valence-electron chi connectivity index (χ1n) is 3.38. The Kier molecular flexibility index (Phi) is 2.11. The highest BCUT2D eigenvalue weighted by Gasteiger charge is 2.30. The fourth-order valence-electron chi connectivity index (χ4n) is 0.838. The van der Waals surface area contributed by atoms with Crippen molar-refractivity contribution in [3.05, 3.63) is 0 Å². The molecule has 1 saturated carbocycles. The molecule has 0 heterocycles. The number of carbonyl (C=O) groups is 1.